The minimum atomic E-state index is -1.94. The number of carbonyl (C=O) groups excluding carboxylic acids is 1. The number of carboxylic acid groups (broad SMARTS) is 1. The van der Waals surface area contributed by atoms with Crippen molar-refractivity contribution in [2.24, 2.45) is 0 Å². The maximum Gasteiger partial charge on any atom is 0.337 e. The molecule has 0 saturated carbocycles. The number of rotatable bonds is 7. The fraction of sp³-hybridized carbons (Fsp3) is 0.467. The number of aliphatic hydroxyl groups is 1. The van der Waals surface area contributed by atoms with Gasteiger partial charge in [0.2, 0.25) is 5.91 Å². The number of aryl methyl sites for hydroxylation is 1. The summed E-state index contributed by atoms with van der Waals surface area (Å²) in [6, 6.07) is 7.86. The molecule has 0 saturated heterocycles. The van der Waals surface area contributed by atoms with Crippen LogP contribution in [0.1, 0.15) is 18.9 Å². The number of nitrogens with one attached hydrogen (secondary N) is 1. The summed E-state index contributed by atoms with van der Waals surface area (Å²) in [5.74, 6) is -1.64. The van der Waals surface area contributed by atoms with Crippen molar-refractivity contribution in [1.82, 2.24) is 5.32 Å². The second-order valence-corrected chi connectivity index (χ2v) is 5.42. The summed E-state index contributed by atoms with van der Waals surface area (Å²) in [4.78, 5) is 24.3. The molecule has 0 aromatic heterocycles. The minimum Gasteiger partial charge on any atom is -0.479 e. The molecular formula is C15H22N2O4. The van der Waals surface area contributed by atoms with E-state index in [4.69, 9.17) is 5.11 Å². The van der Waals surface area contributed by atoms with Crippen molar-refractivity contribution in [3.8, 4) is 0 Å². The molecule has 0 heterocycles. The Kier molecular flexibility index (Phi) is 5.72. The Morgan fingerprint density at radius 2 is 1.81 bits per heavy atom. The zero-order chi connectivity index (χ0) is 16.0. The van der Waals surface area contributed by atoms with E-state index >= 15 is 0 Å². The third-order valence-corrected chi connectivity index (χ3v) is 3.18. The summed E-state index contributed by atoms with van der Waals surface area (Å²) in [6.45, 7) is 0.844. The molecule has 6 nitrogen and oxygen atoms in total. The van der Waals surface area contributed by atoms with Gasteiger partial charge in [-0.15, -0.1) is 0 Å². The largest absolute Gasteiger partial charge is 0.479 e. The van der Waals surface area contributed by atoms with Crippen molar-refractivity contribution < 1.29 is 19.8 Å². The lowest BCUT2D eigenvalue weighted by Gasteiger charge is -2.18. The van der Waals surface area contributed by atoms with Gasteiger partial charge in [0.15, 0.2) is 5.60 Å². The van der Waals surface area contributed by atoms with Crippen molar-refractivity contribution in [3.05, 3.63) is 29.8 Å². The molecule has 1 aromatic rings. The van der Waals surface area contributed by atoms with Crippen LogP contribution < -0.4 is 10.2 Å². The highest BCUT2D eigenvalue weighted by molar-refractivity contribution is 5.80. The first-order valence-electron chi connectivity index (χ1n) is 6.71. The normalized spacial score (nSPS) is 13.3. The standard InChI is InChI=1S/C15H22N2O4/c1-15(21,14(19)20)10-16-13(18)9-6-11-4-7-12(8-5-11)17(2)3/h4-5,7-8,21H,6,9-10H2,1-3H3,(H,16,18)(H,19,20). The smallest absolute Gasteiger partial charge is 0.337 e. The summed E-state index contributed by atoms with van der Waals surface area (Å²) in [7, 11) is 3.91. The number of carbonyl (C=O) groups is 2. The lowest BCUT2D eigenvalue weighted by atomic mass is 10.1. The predicted octanol–water partition coefficient (Wildman–Crippen LogP) is 0.637. The molecular weight excluding hydrogens is 272 g/mol. The first-order chi connectivity index (χ1) is 9.72. The number of benzene rings is 1. The van der Waals surface area contributed by atoms with Gasteiger partial charge in [-0.1, -0.05) is 12.1 Å². The van der Waals surface area contributed by atoms with Crippen molar-refractivity contribution in [1.29, 1.82) is 0 Å². The fourth-order valence-corrected chi connectivity index (χ4v) is 1.65. The summed E-state index contributed by atoms with van der Waals surface area (Å²) in [6.07, 6.45) is 0.811. The molecule has 1 aromatic carbocycles. The van der Waals surface area contributed by atoms with Crippen LogP contribution in [0, 0.1) is 0 Å². The first kappa shape index (κ1) is 17.0. The topological polar surface area (TPSA) is 89.9 Å². The molecule has 3 N–H and O–H groups in total. The maximum absolute atomic E-state index is 11.6. The Balaban J connectivity index is 2.41. The van der Waals surface area contributed by atoms with Crippen LogP contribution in [0.5, 0.6) is 0 Å². The number of hydrogen-bond acceptors (Lipinski definition) is 4. The number of amides is 1. The van der Waals surface area contributed by atoms with E-state index in [-0.39, 0.29) is 18.9 Å². The van der Waals surface area contributed by atoms with Crippen LogP contribution >= 0.6 is 0 Å². The molecule has 1 amide bonds. The third kappa shape index (κ3) is 5.43. The molecule has 0 aliphatic carbocycles. The van der Waals surface area contributed by atoms with Gasteiger partial charge in [0.1, 0.15) is 0 Å². The highest BCUT2D eigenvalue weighted by Gasteiger charge is 2.30. The van der Waals surface area contributed by atoms with Crippen molar-refractivity contribution >= 4 is 17.6 Å². The fourth-order valence-electron chi connectivity index (χ4n) is 1.65. The number of aliphatic carboxylic acids is 1. The molecule has 1 rings (SSSR count). The van der Waals surface area contributed by atoms with Crippen LogP contribution in [-0.2, 0) is 16.0 Å². The molecule has 0 spiro atoms. The zero-order valence-corrected chi connectivity index (χ0v) is 12.6. The average molecular weight is 294 g/mol. The lowest BCUT2D eigenvalue weighted by molar-refractivity contribution is -0.156. The van der Waals surface area contributed by atoms with E-state index < -0.39 is 11.6 Å². The first-order valence-corrected chi connectivity index (χ1v) is 6.71. The van der Waals surface area contributed by atoms with E-state index in [1.54, 1.807) is 0 Å². The summed E-state index contributed by atoms with van der Waals surface area (Å²) >= 11 is 0. The van der Waals surface area contributed by atoms with Gasteiger partial charge in [0, 0.05) is 26.2 Å². The summed E-state index contributed by atoms with van der Waals surface area (Å²) in [5.41, 5.74) is 0.171. The van der Waals surface area contributed by atoms with E-state index in [1.165, 1.54) is 0 Å². The van der Waals surface area contributed by atoms with E-state index in [1.807, 2.05) is 43.3 Å². The van der Waals surface area contributed by atoms with E-state index in [9.17, 15) is 14.7 Å². The van der Waals surface area contributed by atoms with E-state index in [0.29, 0.717) is 6.42 Å². The second-order valence-electron chi connectivity index (χ2n) is 5.42. The molecule has 6 heteroatoms. The lowest BCUT2D eigenvalue weighted by Crippen LogP contribution is -2.46. The van der Waals surface area contributed by atoms with Crippen LogP contribution in [0.4, 0.5) is 5.69 Å². The monoisotopic (exact) mass is 294 g/mol. The van der Waals surface area contributed by atoms with Crippen LogP contribution in [0.25, 0.3) is 0 Å². The Bertz CT molecular complexity index is 495. The number of anilines is 1. The number of carboxylic acids is 1. The Morgan fingerprint density at radius 3 is 2.29 bits per heavy atom. The average Bonchev–Trinajstić information content (AvgIpc) is 2.43. The Labute approximate surface area is 124 Å². The van der Waals surface area contributed by atoms with Gasteiger partial charge in [-0.25, -0.2) is 4.79 Å². The van der Waals surface area contributed by atoms with Crippen molar-refractivity contribution in [2.75, 3.05) is 25.5 Å². The van der Waals surface area contributed by atoms with Gasteiger partial charge in [0.05, 0.1) is 6.54 Å². The van der Waals surface area contributed by atoms with Crippen LogP contribution in [0.15, 0.2) is 24.3 Å². The predicted molar refractivity (Wildman–Crippen MR) is 80.4 cm³/mol. The molecule has 1 unspecified atom stereocenters. The van der Waals surface area contributed by atoms with Gasteiger partial charge in [0.25, 0.3) is 0 Å². The summed E-state index contributed by atoms with van der Waals surface area (Å²) < 4.78 is 0. The quantitative estimate of drug-likeness (QED) is 0.686. The number of nitrogens with zero attached hydrogens (tertiary/aromatic N) is 1. The van der Waals surface area contributed by atoms with Crippen LogP contribution in [0.3, 0.4) is 0 Å². The maximum atomic E-state index is 11.6. The Morgan fingerprint density at radius 1 is 1.24 bits per heavy atom. The highest BCUT2D eigenvalue weighted by atomic mass is 16.4. The molecule has 21 heavy (non-hydrogen) atoms. The molecule has 0 bridgehead atoms. The van der Waals surface area contributed by atoms with Gasteiger partial charge in [-0.2, -0.15) is 0 Å². The van der Waals surface area contributed by atoms with E-state index in [2.05, 4.69) is 5.32 Å². The molecule has 0 aliphatic rings. The van der Waals surface area contributed by atoms with Gasteiger partial charge in [-0.05, 0) is 31.0 Å². The molecule has 0 radical (unpaired) electrons. The molecule has 1 atom stereocenters. The molecule has 116 valence electrons. The summed E-state index contributed by atoms with van der Waals surface area (Å²) in [5, 5.41) is 20.6. The minimum absolute atomic E-state index is 0.247. The van der Waals surface area contributed by atoms with Gasteiger partial charge in [-0.3, -0.25) is 4.79 Å². The number of hydrogen-bond donors (Lipinski definition) is 3. The van der Waals surface area contributed by atoms with Crippen LogP contribution in [0.2, 0.25) is 0 Å². The molecule has 0 fully saturated rings. The van der Waals surface area contributed by atoms with Crippen LogP contribution in [-0.4, -0.2) is 48.3 Å². The Hall–Kier alpha value is -2.08. The highest BCUT2D eigenvalue weighted by Crippen LogP contribution is 2.13. The zero-order valence-electron chi connectivity index (χ0n) is 12.6. The van der Waals surface area contributed by atoms with Crippen molar-refractivity contribution in [3.63, 3.8) is 0 Å². The van der Waals surface area contributed by atoms with E-state index in [0.717, 1.165) is 18.2 Å². The SMILES string of the molecule is CN(C)c1ccc(CCC(=O)NCC(C)(O)C(=O)O)cc1. The van der Waals surface area contributed by atoms with Gasteiger partial charge >= 0.3 is 5.97 Å². The third-order valence-electron chi connectivity index (χ3n) is 3.18. The second kappa shape index (κ2) is 7.08. The van der Waals surface area contributed by atoms with Gasteiger partial charge < -0.3 is 20.4 Å². The molecule has 0 aliphatic heterocycles. The van der Waals surface area contributed by atoms with Crippen molar-refractivity contribution in [2.45, 2.75) is 25.4 Å².